The Kier molecular flexibility index (Phi) is 5.57. The molecule has 2 rings (SSSR count). The highest BCUT2D eigenvalue weighted by atomic mass is 19.5. The fourth-order valence-corrected chi connectivity index (χ4v) is 1.50. The van der Waals surface area contributed by atoms with Crippen LogP contribution in [0.2, 0.25) is 0 Å². The van der Waals surface area contributed by atoms with E-state index in [1.807, 2.05) is 0 Å². The molecule has 0 saturated carbocycles. The Morgan fingerprint density at radius 3 is 1.59 bits per heavy atom. The molecule has 0 heterocycles. The van der Waals surface area contributed by atoms with E-state index >= 15 is 0 Å². The van der Waals surface area contributed by atoms with Crippen molar-refractivity contribution in [3.63, 3.8) is 0 Å². The molecule has 0 spiro atoms. The molecule has 0 aliphatic rings. The number of rotatable bonds is 2. The van der Waals surface area contributed by atoms with Crippen LogP contribution in [0.15, 0.2) is 48.5 Å². The van der Waals surface area contributed by atoms with Crippen LogP contribution in [-0.4, -0.2) is 12.2 Å². The van der Waals surface area contributed by atoms with E-state index in [9.17, 15) is 27.4 Å². The molecule has 114 valence electrons. The van der Waals surface area contributed by atoms with Gasteiger partial charge in [0.25, 0.3) is 5.69 Å². The number of nitrogens with zero attached hydrogens (tertiary/aromatic N) is 3. The van der Waals surface area contributed by atoms with Gasteiger partial charge in [0, 0.05) is 24.3 Å². The first-order chi connectivity index (χ1) is 10.2. The number of nitro benzene ring substituents is 1. The third kappa shape index (κ3) is 6.00. The monoisotopic (exact) mass is 313 g/mol. The summed E-state index contributed by atoms with van der Waals surface area (Å²) < 4.78 is 39.0. The number of diazo groups is 1. The molecule has 0 unspecified atom stereocenters. The van der Waals surface area contributed by atoms with Crippen LogP contribution >= 0.6 is 0 Å². The molecule has 0 aliphatic heterocycles. The van der Waals surface area contributed by atoms with E-state index in [1.54, 1.807) is 36.4 Å². The molecule has 0 amide bonds. The second-order valence-corrected chi connectivity index (χ2v) is 3.95. The van der Waals surface area contributed by atoms with Crippen molar-refractivity contribution in [2.75, 3.05) is 0 Å². The molecule has 0 saturated heterocycles. The van der Waals surface area contributed by atoms with Crippen molar-refractivity contribution >= 4 is 18.6 Å². The van der Waals surface area contributed by atoms with Crippen molar-refractivity contribution in [2.24, 2.45) is 0 Å². The molecule has 5 nitrogen and oxygen atoms in total. The molecule has 0 bridgehead atoms. The Hall–Kier alpha value is -2.96. The van der Waals surface area contributed by atoms with Crippen molar-refractivity contribution in [3.8, 4) is 11.1 Å². The van der Waals surface area contributed by atoms with Gasteiger partial charge in [0.2, 0.25) is 5.39 Å². The van der Waals surface area contributed by atoms with Gasteiger partial charge < -0.3 is 17.3 Å². The Labute approximate surface area is 122 Å². The van der Waals surface area contributed by atoms with E-state index in [2.05, 4.69) is 4.98 Å². The first kappa shape index (κ1) is 17.1. The smallest absolute Gasteiger partial charge is 0.418 e. The molecule has 2 aromatic rings. The highest BCUT2D eigenvalue weighted by molar-refractivity contribution is 6.50. The average Bonchev–Trinajstić information content (AvgIpc) is 2.46. The zero-order chi connectivity index (χ0) is 16.8. The van der Waals surface area contributed by atoms with Gasteiger partial charge >= 0.3 is 12.9 Å². The van der Waals surface area contributed by atoms with E-state index in [0.717, 1.165) is 11.1 Å². The molecular formula is C12H8BF4N3O2. The van der Waals surface area contributed by atoms with Crippen LogP contribution in [-0.2, 0) is 0 Å². The van der Waals surface area contributed by atoms with E-state index in [0.29, 0.717) is 5.69 Å². The summed E-state index contributed by atoms with van der Waals surface area (Å²) in [6, 6.07) is 13.2. The normalized spacial score (nSPS) is 10.1. The van der Waals surface area contributed by atoms with Gasteiger partial charge in [-0.1, -0.05) is 0 Å². The number of hydrogen-bond acceptors (Lipinski definition) is 3. The number of benzene rings is 2. The zero-order valence-electron chi connectivity index (χ0n) is 10.9. The third-order valence-electron chi connectivity index (χ3n) is 2.39. The fourth-order valence-electron chi connectivity index (χ4n) is 1.50. The van der Waals surface area contributed by atoms with E-state index < -0.39 is 12.2 Å². The van der Waals surface area contributed by atoms with Crippen LogP contribution in [0.4, 0.5) is 28.6 Å². The summed E-state index contributed by atoms with van der Waals surface area (Å²) >= 11 is 0. The van der Waals surface area contributed by atoms with Gasteiger partial charge in [0.05, 0.1) is 4.92 Å². The highest BCUT2D eigenvalue weighted by Gasteiger charge is 2.20. The molecule has 0 fully saturated rings. The summed E-state index contributed by atoms with van der Waals surface area (Å²) in [5, 5.41) is 19.0. The number of halogens is 4. The second-order valence-electron chi connectivity index (χ2n) is 3.95. The van der Waals surface area contributed by atoms with Crippen molar-refractivity contribution in [1.82, 2.24) is 0 Å². The Balaban J connectivity index is 0.000000422. The summed E-state index contributed by atoms with van der Waals surface area (Å²) in [5.41, 5.74) is 2.32. The van der Waals surface area contributed by atoms with Gasteiger partial charge in [0.15, 0.2) is 4.98 Å². The minimum absolute atomic E-state index is 0.0655. The van der Waals surface area contributed by atoms with Crippen molar-refractivity contribution < 1.29 is 22.2 Å². The molecule has 2 aromatic carbocycles. The summed E-state index contributed by atoms with van der Waals surface area (Å²) in [7, 11) is -6.00. The largest absolute Gasteiger partial charge is 0.673 e. The van der Waals surface area contributed by atoms with Crippen LogP contribution in [0, 0.1) is 15.5 Å². The average molecular weight is 313 g/mol. The van der Waals surface area contributed by atoms with Crippen LogP contribution < -0.4 is 0 Å². The van der Waals surface area contributed by atoms with Crippen molar-refractivity contribution in [2.45, 2.75) is 0 Å². The number of non-ortho nitro benzene ring substituents is 1. The molecule has 0 atom stereocenters. The molecule has 10 heteroatoms. The maximum atomic E-state index is 10.5. The fraction of sp³-hybridized carbons (Fsp3) is 0. The highest BCUT2D eigenvalue weighted by Crippen LogP contribution is 2.24. The molecule has 0 N–H and O–H groups in total. The summed E-state index contributed by atoms with van der Waals surface area (Å²) in [5.74, 6) is 0. The lowest BCUT2D eigenvalue weighted by Crippen LogP contribution is -2.02. The summed E-state index contributed by atoms with van der Waals surface area (Å²) in [4.78, 5) is 13.1. The number of hydrogen-bond donors (Lipinski definition) is 0. The van der Waals surface area contributed by atoms with E-state index in [4.69, 9.17) is 5.39 Å². The zero-order valence-corrected chi connectivity index (χ0v) is 10.9. The topological polar surface area (TPSA) is 71.3 Å². The minimum Gasteiger partial charge on any atom is -0.418 e. The van der Waals surface area contributed by atoms with Crippen LogP contribution in [0.25, 0.3) is 16.1 Å². The lowest BCUT2D eigenvalue weighted by Gasteiger charge is -1.99. The molecule has 0 aromatic heterocycles. The van der Waals surface area contributed by atoms with Crippen molar-refractivity contribution in [3.05, 3.63) is 63.6 Å². The molecule has 0 radical (unpaired) electrons. The molecule has 22 heavy (non-hydrogen) atoms. The summed E-state index contributed by atoms with van der Waals surface area (Å²) in [6.45, 7) is 0. The Bertz CT molecular complexity index is 676. The van der Waals surface area contributed by atoms with Gasteiger partial charge in [-0.25, -0.2) is 0 Å². The van der Waals surface area contributed by atoms with Crippen molar-refractivity contribution in [1.29, 1.82) is 5.39 Å². The van der Waals surface area contributed by atoms with Gasteiger partial charge in [-0.05, 0) is 35.4 Å². The van der Waals surface area contributed by atoms with Gasteiger partial charge in [-0.3, -0.25) is 10.1 Å². The van der Waals surface area contributed by atoms with Crippen LogP contribution in [0.3, 0.4) is 0 Å². The maximum absolute atomic E-state index is 10.5. The molecule has 0 aliphatic carbocycles. The van der Waals surface area contributed by atoms with Crippen LogP contribution in [0.5, 0.6) is 0 Å². The molecular weight excluding hydrogens is 305 g/mol. The SMILES string of the molecule is F[B-](F)(F)F.N#[N+]c1ccc(-c2ccc([N+](=O)[O-])cc2)cc1. The predicted molar refractivity (Wildman–Crippen MR) is 73.5 cm³/mol. The Morgan fingerprint density at radius 2 is 1.27 bits per heavy atom. The minimum atomic E-state index is -6.00. The summed E-state index contributed by atoms with van der Waals surface area (Å²) in [6.07, 6.45) is 0. The quantitative estimate of drug-likeness (QED) is 0.256. The van der Waals surface area contributed by atoms with Gasteiger partial charge in [-0.2, -0.15) is 0 Å². The first-order valence-corrected chi connectivity index (χ1v) is 5.78. The maximum Gasteiger partial charge on any atom is 0.673 e. The van der Waals surface area contributed by atoms with E-state index in [-0.39, 0.29) is 5.69 Å². The van der Waals surface area contributed by atoms with Crippen LogP contribution in [0.1, 0.15) is 0 Å². The Morgan fingerprint density at radius 1 is 0.909 bits per heavy atom. The lowest BCUT2D eigenvalue weighted by atomic mass is 10.1. The predicted octanol–water partition coefficient (Wildman–Crippen LogP) is 5.05. The lowest BCUT2D eigenvalue weighted by molar-refractivity contribution is -0.384. The second kappa shape index (κ2) is 7.17. The first-order valence-electron chi connectivity index (χ1n) is 5.78. The number of nitro groups is 1. The standard InChI is InChI=1S/C12H8N3O2.BF4/c13-14-11-5-1-9(2-6-11)10-3-7-12(8-4-10)15(16)17;2-1(3,4)5/h1-8H;/q+1;-1. The van der Waals surface area contributed by atoms with E-state index in [1.165, 1.54) is 12.1 Å². The third-order valence-corrected chi connectivity index (χ3v) is 2.39. The van der Waals surface area contributed by atoms with Gasteiger partial charge in [0.1, 0.15) is 0 Å². The van der Waals surface area contributed by atoms with Gasteiger partial charge in [-0.15, -0.1) is 0 Å².